The van der Waals surface area contributed by atoms with Crippen LogP contribution < -0.4 is 10.6 Å². The summed E-state index contributed by atoms with van der Waals surface area (Å²) in [4.78, 5) is 55.9. The van der Waals surface area contributed by atoms with Gasteiger partial charge in [-0.1, -0.05) is 60.3 Å². The summed E-state index contributed by atoms with van der Waals surface area (Å²) in [6.45, 7) is 16.1. The molecule has 9 nitrogen and oxygen atoms in total. The van der Waals surface area contributed by atoms with Gasteiger partial charge in [0.05, 0.1) is 7.11 Å². The summed E-state index contributed by atoms with van der Waals surface area (Å²) in [6, 6.07) is -2.38. The normalized spacial score (nSPS) is 28.4. The molecule has 1 heterocycles. The standard InChI is InChI=1S/C32H53N3O6/c1-28(2,3)23(34-24(36)22(20-14-11-10-12-15-20)33-27(39)41-29(4,5)6)25(37)35-19-32(18-21(35)26(38)40-9)30(7,8)31(32)16-13-17-31/h20-23H,10-19H2,1-9H3,(H,33,39)(H,34,36)/t21?,22?,23-,32?/m1/s1. The molecule has 41 heavy (non-hydrogen) atoms. The van der Waals surface area contributed by atoms with Crippen LogP contribution in [0.1, 0.15) is 113 Å². The summed E-state index contributed by atoms with van der Waals surface area (Å²) in [7, 11) is 1.37. The molecule has 3 saturated carbocycles. The first-order valence-electron chi connectivity index (χ1n) is 15.6. The van der Waals surface area contributed by atoms with Gasteiger partial charge in [0.1, 0.15) is 23.7 Å². The van der Waals surface area contributed by atoms with Gasteiger partial charge in [-0.25, -0.2) is 9.59 Å². The molecule has 2 N–H and O–H groups in total. The lowest BCUT2D eigenvalue weighted by atomic mass is 9.73. The van der Waals surface area contributed by atoms with Gasteiger partial charge in [0.15, 0.2) is 0 Å². The molecular formula is C32H53N3O6. The van der Waals surface area contributed by atoms with Crippen molar-refractivity contribution in [2.45, 2.75) is 137 Å². The molecule has 0 aromatic rings. The number of nitrogens with zero attached hydrogens (tertiary/aromatic N) is 1. The average Bonchev–Trinajstić information content (AvgIpc) is 3.08. The van der Waals surface area contributed by atoms with Crippen LogP contribution in [0.2, 0.25) is 0 Å². The molecule has 232 valence electrons. The molecule has 4 aliphatic rings. The fraction of sp³-hybridized carbons (Fsp3) is 0.875. The summed E-state index contributed by atoms with van der Waals surface area (Å²) >= 11 is 0. The van der Waals surface area contributed by atoms with Crippen molar-refractivity contribution < 1.29 is 28.7 Å². The Morgan fingerprint density at radius 3 is 1.95 bits per heavy atom. The highest BCUT2D eigenvalue weighted by Gasteiger charge is 2.85. The molecule has 0 aromatic carbocycles. The van der Waals surface area contributed by atoms with Gasteiger partial charge in [-0.2, -0.15) is 0 Å². The minimum Gasteiger partial charge on any atom is -0.467 e. The van der Waals surface area contributed by atoms with Gasteiger partial charge in [-0.05, 0) is 75.0 Å². The number of methoxy groups -OCH3 is 1. The lowest BCUT2D eigenvalue weighted by Gasteiger charge is -2.37. The van der Waals surface area contributed by atoms with Gasteiger partial charge in [0, 0.05) is 12.0 Å². The van der Waals surface area contributed by atoms with Gasteiger partial charge in [-0.15, -0.1) is 0 Å². The van der Waals surface area contributed by atoms with E-state index < -0.39 is 41.2 Å². The molecule has 3 unspecified atom stereocenters. The van der Waals surface area contributed by atoms with E-state index in [4.69, 9.17) is 9.47 Å². The van der Waals surface area contributed by atoms with Crippen LogP contribution in [0, 0.1) is 27.6 Å². The molecular weight excluding hydrogens is 522 g/mol. The van der Waals surface area contributed by atoms with Crippen molar-refractivity contribution in [2.24, 2.45) is 27.6 Å². The van der Waals surface area contributed by atoms with Gasteiger partial charge >= 0.3 is 12.1 Å². The van der Waals surface area contributed by atoms with Crippen molar-refractivity contribution >= 4 is 23.9 Å². The van der Waals surface area contributed by atoms with E-state index in [0.717, 1.165) is 44.9 Å². The SMILES string of the molecule is COC(=O)C1CC2(CN1C(=O)[C@@H](NC(=O)C(NC(=O)OC(C)(C)C)C1CCCCC1)C(C)(C)C)C(C)(C)C21CCC1. The van der Waals surface area contributed by atoms with E-state index in [0.29, 0.717) is 13.0 Å². The average molecular weight is 576 g/mol. The summed E-state index contributed by atoms with van der Waals surface area (Å²) < 4.78 is 10.7. The third-order valence-electron chi connectivity index (χ3n) is 11.0. The monoisotopic (exact) mass is 575 g/mol. The Bertz CT molecular complexity index is 1050. The molecule has 0 aromatic heterocycles. The second-order valence-electron chi connectivity index (χ2n) is 15.7. The lowest BCUT2D eigenvalue weighted by molar-refractivity contribution is -0.153. The van der Waals surface area contributed by atoms with Crippen LogP contribution in [0.4, 0.5) is 4.79 Å². The van der Waals surface area contributed by atoms with Crippen molar-refractivity contribution in [1.29, 1.82) is 0 Å². The van der Waals surface area contributed by atoms with Crippen LogP contribution in [-0.4, -0.2) is 66.2 Å². The molecule has 1 saturated heterocycles. The predicted molar refractivity (Wildman–Crippen MR) is 156 cm³/mol. The molecule has 3 amide bonds. The van der Waals surface area contributed by atoms with Gasteiger partial charge in [0.2, 0.25) is 11.8 Å². The Balaban J connectivity index is 1.59. The number of hydrogen-bond donors (Lipinski definition) is 2. The summed E-state index contributed by atoms with van der Waals surface area (Å²) in [5.74, 6) is -1.11. The number of nitrogens with one attached hydrogen (secondary N) is 2. The summed E-state index contributed by atoms with van der Waals surface area (Å²) in [6.07, 6.45) is 8.07. The van der Waals surface area contributed by atoms with Crippen molar-refractivity contribution in [3.63, 3.8) is 0 Å². The maximum Gasteiger partial charge on any atom is 0.408 e. The van der Waals surface area contributed by atoms with Crippen LogP contribution in [0.5, 0.6) is 0 Å². The highest BCUT2D eigenvalue weighted by Crippen LogP contribution is 2.88. The first kappa shape index (κ1) is 31.6. The highest BCUT2D eigenvalue weighted by atomic mass is 16.6. The maximum atomic E-state index is 14.4. The van der Waals surface area contributed by atoms with Gasteiger partial charge < -0.3 is 25.0 Å². The van der Waals surface area contributed by atoms with Crippen LogP contribution in [0.25, 0.3) is 0 Å². The van der Waals surface area contributed by atoms with Crippen LogP contribution in [-0.2, 0) is 23.9 Å². The molecule has 4 rings (SSSR count). The number of likely N-dealkylation sites (tertiary alicyclic amines) is 1. The Kier molecular flexibility index (Phi) is 8.29. The Morgan fingerprint density at radius 1 is 0.878 bits per heavy atom. The van der Waals surface area contributed by atoms with E-state index >= 15 is 0 Å². The van der Waals surface area contributed by atoms with E-state index in [1.165, 1.54) is 13.5 Å². The Morgan fingerprint density at radius 2 is 1.49 bits per heavy atom. The first-order valence-corrected chi connectivity index (χ1v) is 15.6. The van der Waals surface area contributed by atoms with Crippen molar-refractivity contribution in [1.82, 2.24) is 15.5 Å². The number of esters is 1. The molecule has 9 heteroatoms. The molecule has 3 aliphatic carbocycles. The second kappa shape index (κ2) is 10.7. The fourth-order valence-corrected chi connectivity index (χ4v) is 8.52. The van der Waals surface area contributed by atoms with E-state index in [-0.39, 0.29) is 34.0 Å². The van der Waals surface area contributed by atoms with Crippen molar-refractivity contribution in [3.8, 4) is 0 Å². The van der Waals surface area contributed by atoms with E-state index in [2.05, 4.69) is 24.5 Å². The number of rotatable bonds is 6. The molecule has 2 spiro atoms. The summed E-state index contributed by atoms with van der Waals surface area (Å²) in [5, 5.41) is 5.87. The van der Waals surface area contributed by atoms with Crippen molar-refractivity contribution in [3.05, 3.63) is 0 Å². The van der Waals surface area contributed by atoms with E-state index in [1.54, 1.807) is 25.7 Å². The number of carbonyl (C=O) groups excluding carboxylic acids is 4. The molecule has 1 aliphatic heterocycles. The summed E-state index contributed by atoms with van der Waals surface area (Å²) in [5.41, 5.74) is -1.28. The number of carbonyl (C=O) groups is 4. The zero-order valence-corrected chi connectivity index (χ0v) is 26.8. The lowest BCUT2D eigenvalue weighted by Crippen LogP contribution is -2.61. The Labute approximate surface area is 246 Å². The minimum absolute atomic E-state index is 0.0312. The van der Waals surface area contributed by atoms with Crippen molar-refractivity contribution in [2.75, 3.05) is 13.7 Å². The minimum atomic E-state index is -0.886. The molecule has 0 radical (unpaired) electrons. The largest absolute Gasteiger partial charge is 0.467 e. The zero-order chi connectivity index (χ0) is 30.6. The van der Waals surface area contributed by atoms with Crippen LogP contribution >= 0.6 is 0 Å². The first-order chi connectivity index (χ1) is 18.9. The Hall–Kier alpha value is -2.32. The number of hydrogen-bond acceptors (Lipinski definition) is 6. The van der Waals surface area contributed by atoms with Crippen LogP contribution in [0.15, 0.2) is 0 Å². The van der Waals surface area contributed by atoms with E-state index in [1.807, 2.05) is 20.8 Å². The molecule has 0 bridgehead atoms. The number of alkyl carbamates (subject to hydrolysis) is 1. The zero-order valence-electron chi connectivity index (χ0n) is 26.8. The van der Waals surface area contributed by atoms with Gasteiger partial charge in [0.25, 0.3) is 0 Å². The number of fused-ring (bicyclic) bond motifs is 1. The third kappa shape index (κ3) is 5.47. The van der Waals surface area contributed by atoms with Gasteiger partial charge in [-0.3, -0.25) is 9.59 Å². The van der Waals surface area contributed by atoms with E-state index in [9.17, 15) is 19.2 Å². The molecule has 4 atom stereocenters. The quantitative estimate of drug-likeness (QED) is 0.433. The second-order valence-corrected chi connectivity index (χ2v) is 15.7. The third-order valence-corrected chi connectivity index (χ3v) is 11.0. The fourth-order valence-electron chi connectivity index (χ4n) is 8.52. The highest BCUT2D eigenvalue weighted by molar-refractivity contribution is 5.94. The van der Waals surface area contributed by atoms with Crippen LogP contribution in [0.3, 0.4) is 0 Å². The topological polar surface area (TPSA) is 114 Å². The number of ether oxygens (including phenoxy) is 2. The molecule has 4 fully saturated rings. The number of amides is 3. The smallest absolute Gasteiger partial charge is 0.408 e. The predicted octanol–water partition coefficient (Wildman–Crippen LogP) is 4.96. The maximum absolute atomic E-state index is 14.4.